The number of ether oxygens (including phenoxy) is 1. The second-order valence-electron chi connectivity index (χ2n) is 6.62. The Morgan fingerprint density at radius 1 is 1.33 bits per heavy atom. The first-order valence-corrected chi connectivity index (χ1v) is 8.44. The predicted octanol–water partition coefficient (Wildman–Crippen LogP) is 1.99. The van der Waals surface area contributed by atoms with Crippen LogP contribution in [0.5, 0.6) is 0 Å². The first kappa shape index (κ1) is 16.6. The summed E-state index contributed by atoms with van der Waals surface area (Å²) in [7, 11) is 0. The highest BCUT2D eigenvalue weighted by atomic mass is 16.5. The minimum absolute atomic E-state index is 0.144. The molecule has 1 aliphatic heterocycles. The molecule has 0 aromatic carbocycles. The van der Waals surface area contributed by atoms with E-state index in [1.165, 1.54) is 12.8 Å². The van der Waals surface area contributed by atoms with Gasteiger partial charge in [-0.3, -0.25) is 0 Å². The minimum Gasteiger partial charge on any atom is -0.450 e. The minimum atomic E-state index is -0.314. The SMILES string of the molecule is CCOC(=O)NC1CC(CC(O)CC)CN(CC2CC2)C1. The van der Waals surface area contributed by atoms with Gasteiger partial charge in [-0.15, -0.1) is 0 Å². The van der Waals surface area contributed by atoms with Crippen LogP contribution in [0.4, 0.5) is 4.79 Å². The summed E-state index contributed by atoms with van der Waals surface area (Å²) in [6, 6.07) is 0.144. The second-order valence-corrected chi connectivity index (χ2v) is 6.62. The summed E-state index contributed by atoms with van der Waals surface area (Å²) < 4.78 is 4.99. The van der Waals surface area contributed by atoms with E-state index in [0.717, 1.165) is 44.8 Å². The van der Waals surface area contributed by atoms with Crippen molar-refractivity contribution in [1.29, 1.82) is 0 Å². The number of hydrogen-bond donors (Lipinski definition) is 2. The van der Waals surface area contributed by atoms with Gasteiger partial charge in [0.1, 0.15) is 0 Å². The van der Waals surface area contributed by atoms with Crippen LogP contribution in [0.3, 0.4) is 0 Å². The number of amides is 1. The molecule has 2 rings (SSSR count). The van der Waals surface area contributed by atoms with Crippen LogP contribution < -0.4 is 5.32 Å². The molecule has 2 fully saturated rings. The van der Waals surface area contributed by atoms with Gasteiger partial charge in [0.25, 0.3) is 0 Å². The van der Waals surface area contributed by atoms with Gasteiger partial charge in [-0.05, 0) is 50.9 Å². The molecule has 2 N–H and O–H groups in total. The van der Waals surface area contributed by atoms with Gasteiger partial charge >= 0.3 is 6.09 Å². The number of aliphatic hydroxyl groups is 1. The molecule has 0 radical (unpaired) electrons. The zero-order valence-electron chi connectivity index (χ0n) is 13.4. The number of nitrogens with one attached hydrogen (secondary N) is 1. The van der Waals surface area contributed by atoms with Crippen molar-refractivity contribution in [2.75, 3.05) is 26.2 Å². The molecule has 1 saturated carbocycles. The smallest absolute Gasteiger partial charge is 0.407 e. The molecular formula is C16H30N2O3. The molecule has 0 spiro atoms. The van der Waals surface area contributed by atoms with Gasteiger partial charge in [0.05, 0.1) is 12.7 Å². The summed E-state index contributed by atoms with van der Waals surface area (Å²) in [6.07, 6.45) is 4.72. The maximum atomic E-state index is 11.6. The zero-order valence-corrected chi connectivity index (χ0v) is 13.4. The van der Waals surface area contributed by atoms with Crippen molar-refractivity contribution in [3.8, 4) is 0 Å². The number of piperidine rings is 1. The number of likely N-dealkylation sites (tertiary alicyclic amines) is 1. The van der Waals surface area contributed by atoms with Gasteiger partial charge in [-0.1, -0.05) is 6.92 Å². The molecule has 5 heteroatoms. The summed E-state index contributed by atoms with van der Waals surface area (Å²) in [5, 5.41) is 12.9. The van der Waals surface area contributed by atoms with Gasteiger partial charge in [0.2, 0.25) is 0 Å². The Morgan fingerprint density at radius 2 is 2.10 bits per heavy atom. The number of carbonyl (C=O) groups is 1. The van der Waals surface area contributed by atoms with Crippen molar-refractivity contribution in [3.63, 3.8) is 0 Å². The topological polar surface area (TPSA) is 61.8 Å². The molecule has 21 heavy (non-hydrogen) atoms. The maximum absolute atomic E-state index is 11.6. The molecule has 1 saturated heterocycles. The molecule has 1 heterocycles. The fourth-order valence-electron chi connectivity index (χ4n) is 3.28. The Labute approximate surface area is 128 Å². The molecule has 0 aromatic heterocycles. The third-order valence-corrected chi connectivity index (χ3v) is 4.50. The van der Waals surface area contributed by atoms with Gasteiger partial charge in [0, 0.05) is 25.7 Å². The van der Waals surface area contributed by atoms with Crippen molar-refractivity contribution in [3.05, 3.63) is 0 Å². The Hall–Kier alpha value is -0.810. The molecule has 0 bridgehead atoms. The highest BCUT2D eigenvalue weighted by molar-refractivity contribution is 5.67. The number of aliphatic hydroxyl groups excluding tert-OH is 1. The zero-order chi connectivity index (χ0) is 15.2. The van der Waals surface area contributed by atoms with Gasteiger partial charge in [0.15, 0.2) is 0 Å². The molecule has 1 aliphatic carbocycles. The van der Waals surface area contributed by atoms with Crippen LogP contribution in [-0.2, 0) is 4.74 Å². The lowest BCUT2D eigenvalue weighted by atomic mass is 9.88. The van der Waals surface area contributed by atoms with E-state index >= 15 is 0 Å². The van der Waals surface area contributed by atoms with E-state index in [9.17, 15) is 9.90 Å². The molecule has 2 aliphatic rings. The van der Waals surface area contributed by atoms with E-state index in [-0.39, 0.29) is 18.2 Å². The number of hydrogen-bond acceptors (Lipinski definition) is 4. The first-order valence-electron chi connectivity index (χ1n) is 8.44. The third-order valence-electron chi connectivity index (χ3n) is 4.50. The largest absolute Gasteiger partial charge is 0.450 e. The third kappa shape index (κ3) is 5.83. The second kappa shape index (κ2) is 7.99. The molecule has 3 atom stereocenters. The van der Waals surface area contributed by atoms with Crippen molar-refractivity contribution < 1.29 is 14.6 Å². The van der Waals surface area contributed by atoms with Gasteiger partial charge in [-0.2, -0.15) is 0 Å². The fourth-order valence-corrected chi connectivity index (χ4v) is 3.28. The highest BCUT2D eigenvalue weighted by Gasteiger charge is 2.32. The summed E-state index contributed by atoms with van der Waals surface area (Å²) in [5.74, 6) is 1.31. The maximum Gasteiger partial charge on any atom is 0.407 e. The van der Waals surface area contributed by atoms with E-state index in [0.29, 0.717) is 12.5 Å². The average molecular weight is 298 g/mol. The van der Waals surface area contributed by atoms with Crippen LogP contribution in [0.25, 0.3) is 0 Å². The Morgan fingerprint density at radius 3 is 2.71 bits per heavy atom. The first-order chi connectivity index (χ1) is 10.1. The van der Waals surface area contributed by atoms with E-state index < -0.39 is 0 Å². The Bertz CT molecular complexity index is 333. The average Bonchev–Trinajstić information content (AvgIpc) is 3.22. The molecule has 122 valence electrons. The van der Waals surface area contributed by atoms with E-state index in [1.807, 2.05) is 13.8 Å². The van der Waals surface area contributed by atoms with E-state index in [4.69, 9.17) is 4.74 Å². The number of alkyl carbamates (subject to hydrolysis) is 1. The summed E-state index contributed by atoms with van der Waals surface area (Å²) in [5.41, 5.74) is 0. The van der Waals surface area contributed by atoms with Crippen LogP contribution in [0.1, 0.15) is 46.0 Å². The van der Waals surface area contributed by atoms with Crippen LogP contribution in [0, 0.1) is 11.8 Å². The normalized spacial score (nSPS) is 28.1. The van der Waals surface area contributed by atoms with Crippen LogP contribution in [0.15, 0.2) is 0 Å². The molecule has 0 aromatic rings. The van der Waals surface area contributed by atoms with Gasteiger partial charge < -0.3 is 20.1 Å². The Balaban J connectivity index is 1.87. The lowest BCUT2D eigenvalue weighted by Gasteiger charge is -2.38. The van der Waals surface area contributed by atoms with Crippen molar-refractivity contribution in [2.24, 2.45) is 11.8 Å². The summed E-state index contributed by atoms with van der Waals surface area (Å²) >= 11 is 0. The Kier molecular flexibility index (Phi) is 6.30. The van der Waals surface area contributed by atoms with Crippen molar-refractivity contribution in [2.45, 2.75) is 58.1 Å². The van der Waals surface area contributed by atoms with Gasteiger partial charge in [-0.25, -0.2) is 4.79 Å². The van der Waals surface area contributed by atoms with Crippen LogP contribution in [-0.4, -0.2) is 54.5 Å². The predicted molar refractivity (Wildman–Crippen MR) is 82.1 cm³/mol. The highest BCUT2D eigenvalue weighted by Crippen LogP contribution is 2.32. The monoisotopic (exact) mass is 298 g/mol. The fraction of sp³-hybridized carbons (Fsp3) is 0.938. The lowest BCUT2D eigenvalue weighted by molar-refractivity contribution is 0.0781. The van der Waals surface area contributed by atoms with Crippen LogP contribution in [0.2, 0.25) is 0 Å². The van der Waals surface area contributed by atoms with Crippen LogP contribution >= 0.6 is 0 Å². The van der Waals surface area contributed by atoms with E-state index in [1.54, 1.807) is 0 Å². The summed E-state index contributed by atoms with van der Waals surface area (Å²) in [4.78, 5) is 14.1. The van der Waals surface area contributed by atoms with Crippen molar-refractivity contribution >= 4 is 6.09 Å². The lowest BCUT2D eigenvalue weighted by Crippen LogP contribution is -2.51. The molecule has 5 nitrogen and oxygen atoms in total. The number of rotatable bonds is 7. The molecule has 3 unspecified atom stereocenters. The molecular weight excluding hydrogens is 268 g/mol. The number of carbonyl (C=O) groups excluding carboxylic acids is 1. The molecule has 1 amide bonds. The van der Waals surface area contributed by atoms with Crippen molar-refractivity contribution in [1.82, 2.24) is 10.2 Å². The standard InChI is InChI=1S/C16H30N2O3/c1-3-15(19)8-13-7-14(17-16(20)21-4-2)11-18(10-13)9-12-5-6-12/h12-15,19H,3-11H2,1-2H3,(H,17,20). The number of nitrogens with zero attached hydrogens (tertiary/aromatic N) is 1. The summed E-state index contributed by atoms with van der Waals surface area (Å²) in [6.45, 7) is 7.34. The quantitative estimate of drug-likeness (QED) is 0.754. The van der Waals surface area contributed by atoms with E-state index in [2.05, 4.69) is 10.2 Å².